The number of aryl methyl sites for hydroxylation is 1. The smallest absolute Gasteiger partial charge is 0.414 e. The number of aromatic nitrogens is 1. The summed E-state index contributed by atoms with van der Waals surface area (Å²) in [5.41, 5.74) is 4.20. The molecule has 6 nitrogen and oxygen atoms in total. The highest BCUT2D eigenvalue weighted by atomic mass is 16.6. The van der Waals surface area contributed by atoms with Gasteiger partial charge in [-0.1, -0.05) is 12.1 Å². The highest BCUT2D eigenvalue weighted by molar-refractivity contribution is 5.72. The number of rotatable bonds is 4. The summed E-state index contributed by atoms with van der Waals surface area (Å²) in [4.78, 5) is 17.6. The summed E-state index contributed by atoms with van der Waals surface area (Å²) in [6.07, 6.45) is -0.410. The summed E-state index contributed by atoms with van der Waals surface area (Å²) in [5.74, 6) is 1.80. The number of carbonyl (C=O) groups is 1. The van der Waals surface area contributed by atoms with E-state index in [1.54, 1.807) is 14.1 Å². The minimum absolute atomic E-state index is 0.229. The Labute approximate surface area is 152 Å². The third kappa shape index (κ3) is 3.49. The van der Waals surface area contributed by atoms with Gasteiger partial charge in [0.1, 0.15) is 17.0 Å². The van der Waals surface area contributed by atoms with Crippen LogP contribution in [-0.4, -0.2) is 30.1 Å². The van der Waals surface area contributed by atoms with Crippen LogP contribution in [0.5, 0.6) is 11.5 Å². The summed E-state index contributed by atoms with van der Waals surface area (Å²) >= 11 is 0. The Morgan fingerprint density at radius 3 is 2.58 bits per heavy atom. The molecule has 0 aliphatic rings. The predicted molar refractivity (Wildman–Crippen MR) is 98.7 cm³/mol. The lowest BCUT2D eigenvalue weighted by Gasteiger charge is -2.18. The minimum Gasteiger partial charge on any atom is -0.483 e. The quantitative estimate of drug-likeness (QED) is 0.695. The highest BCUT2D eigenvalue weighted by Crippen LogP contribution is 2.34. The number of oxazole rings is 1. The third-order valence-corrected chi connectivity index (χ3v) is 4.22. The Bertz CT molecular complexity index is 927. The van der Waals surface area contributed by atoms with Gasteiger partial charge < -0.3 is 18.8 Å². The Morgan fingerprint density at radius 1 is 1.15 bits per heavy atom. The van der Waals surface area contributed by atoms with E-state index in [4.69, 9.17) is 13.9 Å². The van der Waals surface area contributed by atoms with Gasteiger partial charge in [-0.15, -0.1) is 0 Å². The topological polar surface area (TPSA) is 64.8 Å². The fraction of sp³-hybridized carbons (Fsp3) is 0.300. The number of benzene rings is 2. The van der Waals surface area contributed by atoms with Crippen molar-refractivity contribution in [1.82, 2.24) is 9.88 Å². The zero-order valence-corrected chi connectivity index (χ0v) is 15.6. The first-order chi connectivity index (χ1) is 12.4. The van der Waals surface area contributed by atoms with E-state index >= 15 is 0 Å². The number of hydrogen-bond acceptors (Lipinski definition) is 5. The number of nitrogens with zero attached hydrogens (tertiary/aromatic N) is 2. The number of hydrogen-bond donors (Lipinski definition) is 0. The van der Waals surface area contributed by atoms with E-state index in [9.17, 15) is 4.79 Å². The molecule has 136 valence electrons. The molecule has 1 amide bonds. The molecule has 0 saturated heterocycles. The first-order valence-corrected chi connectivity index (χ1v) is 8.34. The average Bonchev–Trinajstić information content (AvgIpc) is 3.02. The Morgan fingerprint density at radius 2 is 1.88 bits per heavy atom. The van der Waals surface area contributed by atoms with Gasteiger partial charge in [0.25, 0.3) is 0 Å². The summed E-state index contributed by atoms with van der Waals surface area (Å²) in [7, 11) is 3.30. The average molecular weight is 354 g/mol. The largest absolute Gasteiger partial charge is 0.483 e. The van der Waals surface area contributed by atoms with Gasteiger partial charge in [0.2, 0.25) is 5.89 Å². The van der Waals surface area contributed by atoms with Crippen molar-refractivity contribution in [2.75, 3.05) is 14.1 Å². The molecule has 0 fully saturated rings. The first kappa shape index (κ1) is 17.8. The van der Waals surface area contributed by atoms with Crippen LogP contribution in [0.1, 0.15) is 22.6 Å². The van der Waals surface area contributed by atoms with Gasteiger partial charge in [0.05, 0.1) is 0 Å². The van der Waals surface area contributed by atoms with E-state index < -0.39 is 6.09 Å². The van der Waals surface area contributed by atoms with Crippen molar-refractivity contribution >= 4 is 17.2 Å². The van der Waals surface area contributed by atoms with Crippen molar-refractivity contribution < 1.29 is 18.7 Å². The SMILES string of the molecule is Cc1cc(OC(=O)N(C)C)c(C)c(C)c1OCc1nc2ccccc2o1. The van der Waals surface area contributed by atoms with Crippen molar-refractivity contribution in [3.63, 3.8) is 0 Å². The molecule has 1 aromatic heterocycles. The molecule has 0 radical (unpaired) electrons. The van der Waals surface area contributed by atoms with Crippen molar-refractivity contribution in [3.05, 3.63) is 52.9 Å². The van der Waals surface area contributed by atoms with Gasteiger partial charge in [0.15, 0.2) is 12.2 Å². The number of carbonyl (C=O) groups excluding carboxylic acids is 1. The molecule has 0 spiro atoms. The zero-order valence-electron chi connectivity index (χ0n) is 15.6. The van der Waals surface area contributed by atoms with Crippen LogP contribution in [0.4, 0.5) is 4.79 Å². The molecule has 26 heavy (non-hydrogen) atoms. The minimum atomic E-state index is -0.410. The van der Waals surface area contributed by atoms with E-state index in [1.165, 1.54) is 4.90 Å². The molecule has 0 atom stereocenters. The third-order valence-electron chi connectivity index (χ3n) is 4.22. The molecule has 0 aliphatic heterocycles. The van der Waals surface area contributed by atoms with Gasteiger partial charge in [-0.25, -0.2) is 9.78 Å². The second kappa shape index (κ2) is 7.07. The fourth-order valence-electron chi connectivity index (χ4n) is 2.65. The van der Waals surface area contributed by atoms with Crippen LogP contribution in [0.2, 0.25) is 0 Å². The zero-order chi connectivity index (χ0) is 18.8. The number of para-hydroxylation sites is 2. The van der Waals surface area contributed by atoms with Crippen LogP contribution in [-0.2, 0) is 6.61 Å². The molecule has 6 heteroatoms. The Kier molecular flexibility index (Phi) is 4.84. The molecule has 0 aliphatic carbocycles. The summed E-state index contributed by atoms with van der Waals surface area (Å²) in [5, 5.41) is 0. The highest BCUT2D eigenvalue weighted by Gasteiger charge is 2.17. The molecule has 0 unspecified atom stereocenters. The van der Waals surface area contributed by atoms with Gasteiger partial charge in [-0.05, 0) is 55.7 Å². The van der Waals surface area contributed by atoms with Crippen LogP contribution in [0.25, 0.3) is 11.1 Å². The van der Waals surface area contributed by atoms with Gasteiger partial charge >= 0.3 is 6.09 Å². The second-order valence-corrected chi connectivity index (χ2v) is 6.40. The van der Waals surface area contributed by atoms with Crippen molar-refractivity contribution in [2.45, 2.75) is 27.4 Å². The Balaban J connectivity index is 1.81. The van der Waals surface area contributed by atoms with E-state index in [-0.39, 0.29) is 6.61 Å². The van der Waals surface area contributed by atoms with Crippen molar-refractivity contribution in [2.24, 2.45) is 0 Å². The van der Waals surface area contributed by atoms with Crippen LogP contribution >= 0.6 is 0 Å². The standard InChI is InChI=1S/C20H22N2O4/c1-12-10-17(26-20(23)22(4)5)13(2)14(3)19(12)24-11-18-21-15-8-6-7-9-16(15)25-18/h6-10H,11H2,1-5H3. The monoisotopic (exact) mass is 354 g/mol. The van der Waals surface area contributed by atoms with Crippen LogP contribution < -0.4 is 9.47 Å². The molecule has 0 saturated carbocycles. The molecule has 0 bridgehead atoms. The van der Waals surface area contributed by atoms with E-state index in [0.29, 0.717) is 11.6 Å². The fourth-order valence-corrected chi connectivity index (χ4v) is 2.65. The predicted octanol–water partition coefficient (Wildman–Crippen LogP) is 4.39. The molecular weight excluding hydrogens is 332 g/mol. The summed E-state index contributed by atoms with van der Waals surface area (Å²) in [6, 6.07) is 9.41. The normalized spacial score (nSPS) is 10.8. The second-order valence-electron chi connectivity index (χ2n) is 6.40. The summed E-state index contributed by atoms with van der Waals surface area (Å²) in [6.45, 7) is 5.99. The number of amides is 1. The maximum absolute atomic E-state index is 11.8. The van der Waals surface area contributed by atoms with E-state index in [1.807, 2.05) is 51.1 Å². The number of ether oxygens (including phenoxy) is 2. The lowest BCUT2D eigenvalue weighted by molar-refractivity contribution is 0.171. The van der Waals surface area contributed by atoms with Crippen LogP contribution in [0.15, 0.2) is 34.7 Å². The van der Waals surface area contributed by atoms with E-state index in [0.717, 1.165) is 33.5 Å². The molecule has 1 heterocycles. The first-order valence-electron chi connectivity index (χ1n) is 8.34. The summed E-state index contributed by atoms with van der Waals surface area (Å²) < 4.78 is 17.1. The van der Waals surface area contributed by atoms with Gasteiger partial charge in [-0.2, -0.15) is 0 Å². The van der Waals surface area contributed by atoms with Crippen molar-refractivity contribution in [3.8, 4) is 11.5 Å². The Hall–Kier alpha value is -3.02. The van der Waals surface area contributed by atoms with E-state index in [2.05, 4.69) is 4.98 Å². The van der Waals surface area contributed by atoms with Crippen LogP contribution in [0.3, 0.4) is 0 Å². The molecule has 2 aromatic carbocycles. The molecule has 3 rings (SSSR count). The number of fused-ring (bicyclic) bond motifs is 1. The van der Waals surface area contributed by atoms with Crippen LogP contribution in [0, 0.1) is 20.8 Å². The lowest BCUT2D eigenvalue weighted by Crippen LogP contribution is -2.25. The van der Waals surface area contributed by atoms with Gasteiger partial charge in [-0.3, -0.25) is 0 Å². The lowest BCUT2D eigenvalue weighted by atomic mass is 10.0. The van der Waals surface area contributed by atoms with Crippen molar-refractivity contribution in [1.29, 1.82) is 0 Å². The molecule has 0 N–H and O–H groups in total. The van der Waals surface area contributed by atoms with Gasteiger partial charge in [0, 0.05) is 14.1 Å². The maximum Gasteiger partial charge on any atom is 0.414 e. The molecule has 3 aromatic rings. The molecular formula is C20H22N2O4. The maximum atomic E-state index is 11.8.